The summed E-state index contributed by atoms with van der Waals surface area (Å²) in [6.07, 6.45) is 1.08. The van der Waals surface area contributed by atoms with Crippen LogP contribution in [0.5, 0.6) is 11.5 Å². The van der Waals surface area contributed by atoms with Crippen molar-refractivity contribution in [2.24, 2.45) is 0 Å². The monoisotopic (exact) mass is 249 g/mol. The maximum Gasteiger partial charge on any atom is 0.357 e. The molecular formula is C12H11NO5. The first-order chi connectivity index (χ1) is 8.65. The van der Waals surface area contributed by atoms with E-state index in [0.717, 1.165) is 6.26 Å². The first kappa shape index (κ1) is 12.0. The fourth-order valence-corrected chi connectivity index (χ4v) is 1.48. The molecule has 0 aliphatic carbocycles. The average Bonchev–Trinajstić information content (AvgIpc) is 2.87. The van der Waals surface area contributed by atoms with Gasteiger partial charge in [0.05, 0.1) is 19.8 Å². The van der Waals surface area contributed by atoms with Crippen LogP contribution < -0.4 is 9.47 Å². The van der Waals surface area contributed by atoms with Crippen LogP contribution in [-0.2, 0) is 0 Å². The highest BCUT2D eigenvalue weighted by Gasteiger charge is 2.16. The lowest BCUT2D eigenvalue weighted by Crippen LogP contribution is -1.96. The summed E-state index contributed by atoms with van der Waals surface area (Å²) in [5.74, 6) is 0.144. The van der Waals surface area contributed by atoms with E-state index in [-0.39, 0.29) is 11.6 Å². The first-order valence-corrected chi connectivity index (χ1v) is 5.07. The van der Waals surface area contributed by atoms with Gasteiger partial charge in [-0.05, 0) is 18.2 Å². The van der Waals surface area contributed by atoms with E-state index in [1.165, 1.54) is 14.2 Å². The quantitative estimate of drug-likeness (QED) is 0.893. The van der Waals surface area contributed by atoms with Crippen LogP contribution in [0.3, 0.4) is 0 Å². The predicted molar refractivity (Wildman–Crippen MR) is 62.0 cm³/mol. The number of rotatable bonds is 4. The van der Waals surface area contributed by atoms with Crippen LogP contribution in [0, 0.1) is 0 Å². The molecule has 0 amide bonds. The van der Waals surface area contributed by atoms with E-state index in [0.29, 0.717) is 17.1 Å². The maximum atomic E-state index is 10.7. The molecule has 0 fully saturated rings. The van der Waals surface area contributed by atoms with Gasteiger partial charge in [0.2, 0.25) is 5.89 Å². The number of carboxylic acids is 1. The smallest absolute Gasteiger partial charge is 0.357 e. The van der Waals surface area contributed by atoms with Crippen LogP contribution >= 0.6 is 0 Å². The molecule has 1 aromatic carbocycles. The molecule has 6 nitrogen and oxygen atoms in total. The summed E-state index contributed by atoms with van der Waals surface area (Å²) in [6.45, 7) is 0. The zero-order chi connectivity index (χ0) is 13.1. The number of aromatic carboxylic acids is 1. The van der Waals surface area contributed by atoms with Crippen molar-refractivity contribution in [2.75, 3.05) is 14.2 Å². The number of benzene rings is 1. The molecule has 0 saturated carbocycles. The van der Waals surface area contributed by atoms with Gasteiger partial charge < -0.3 is 19.0 Å². The Hall–Kier alpha value is -2.50. The summed E-state index contributed by atoms with van der Waals surface area (Å²) in [5, 5.41) is 8.79. The molecule has 2 aromatic rings. The van der Waals surface area contributed by atoms with Crippen molar-refractivity contribution in [2.45, 2.75) is 0 Å². The van der Waals surface area contributed by atoms with Crippen molar-refractivity contribution in [3.05, 3.63) is 30.2 Å². The Morgan fingerprint density at radius 3 is 2.67 bits per heavy atom. The molecule has 0 aliphatic rings. The van der Waals surface area contributed by atoms with Crippen LogP contribution in [0.2, 0.25) is 0 Å². The van der Waals surface area contributed by atoms with Gasteiger partial charge in [-0.2, -0.15) is 0 Å². The highest BCUT2D eigenvalue weighted by atomic mass is 16.5. The number of ether oxygens (including phenoxy) is 2. The summed E-state index contributed by atoms with van der Waals surface area (Å²) in [5.41, 5.74) is 0.374. The number of nitrogens with zero attached hydrogens (tertiary/aromatic N) is 1. The highest BCUT2D eigenvalue weighted by molar-refractivity contribution is 5.85. The molecule has 0 bridgehead atoms. The highest BCUT2D eigenvalue weighted by Crippen LogP contribution is 2.32. The van der Waals surface area contributed by atoms with Crippen molar-refractivity contribution >= 4 is 5.97 Å². The van der Waals surface area contributed by atoms with Gasteiger partial charge >= 0.3 is 5.97 Å². The minimum Gasteiger partial charge on any atom is -0.497 e. The number of hydrogen-bond acceptors (Lipinski definition) is 5. The molecule has 2 rings (SSSR count). The zero-order valence-corrected chi connectivity index (χ0v) is 9.84. The lowest BCUT2D eigenvalue weighted by atomic mass is 10.2. The van der Waals surface area contributed by atoms with Crippen molar-refractivity contribution in [3.8, 4) is 23.0 Å². The molecule has 0 saturated heterocycles. The number of oxazole rings is 1. The number of carboxylic acid groups (broad SMARTS) is 1. The third kappa shape index (κ3) is 2.13. The van der Waals surface area contributed by atoms with Crippen molar-refractivity contribution in [1.29, 1.82) is 0 Å². The molecule has 0 atom stereocenters. The lowest BCUT2D eigenvalue weighted by Gasteiger charge is -2.07. The molecule has 0 spiro atoms. The fourth-order valence-electron chi connectivity index (χ4n) is 1.48. The second-order valence-electron chi connectivity index (χ2n) is 3.41. The van der Waals surface area contributed by atoms with Gasteiger partial charge in [0.25, 0.3) is 0 Å². The Labute approximate surface area is 103 Å². The summed E-state index contributed by atoms with van der Waals surface area (Å²) in [6, 6.07) is 5.08. The summed E-state index contributed by atoms with van der Waals surface area (Å²) in [4.78, 5) is 14.6. The fraction of sp³-hybridized carbons (Fsp3) is 0.167. The van der Waals surface area contributed by atoms with Crippen LogP contribution in [0.25, 0.3) is 11.5 Å². The second kappa shape index (κ2) is 4.79. The number of methoxy groups -OCH3 is 2. The Kier molecular flexibility index (Phi) is 3.18. The van der Waals surface area contributed by atoms with E-state index in [9.17, 15) is 4.79 Å². The Morgan fingerprint density at radius 1 is 1.33 bits per heavy atom. The first-order valence-electron chi connectivity index (χ1n) is 5.07. The number of carbonyl (C=O) groups is 1. The minimum atomic E-state index is -1.15. The van der Waals surface area contributed by atoms with E-state index in [4.69, 9.17) is 19.0 Å². The Balaban J connectivity index is 2.50. The molecule has 1 heterocycles. The van der Waals surface area contributed by atoms with Gasteiger partial charge in [-0.25, -0.2) is 9.78 Å². The molecular weight excluding hydrogens is 238 g/mol. The SMILES string of the molecule is COc1ccc(OC)c(-c2nc(C(=O)O)co2)c1. The van der Waals surface area contributed by atoms with Crippen LogP contribution in [0.4, 0.5) is 0 Å². The maximum absolute atomic E-state index is 10.7. The van der Waals surface area contributed by atoms with Gasteiger partial charge in [-0.1, -0.05) is 0 Å². The Morgan fingerprint density at radius 2 is 2.11 bits per heavy atom. The third-order valence-corrected chi connectivity index (χ3v) is 2.36. The molecule has 0 unspecified atom stereocenters. The van der Waals surface area contributed by atoms with E-state index < -0.39 is 5.97 Å². The van der Waals surface area contributed by atoms with Crippen LogP contribution in [-0.4, -0.2) is 30.3 Å². The molecule has 18 heavy (non-hydrogen) atoms. The van der Waals surface area contributed by atoms with E-state index in [1.54, 1.807) is 18.2 Å². The van der Waals surface area contributed by atoms with E-state index in [1.807, 2.05) is 0 Å². The van der Waals surface area contributed by atoms with Crippen molar-refractivity contribution in [1.82, 2.24) is 4.98 Å². The topological polar surface area (TPSA) is 81.8 Å². The normalized spacial score (nSPS) is 10.1. The molecule has 1 aromatic heterocycles. The van der Waals surface area contributed by atoms with Crippen molar-refractivity contribution < 1.29 is 23.8 Å². The number of aromatic nitrogens is 1. The van der Waals surface area contributed by atoms with Gasteiger partial charge in [-0.15, -0.1) is 0 Å². The largest absolute Gasteiger partial charge is 0.497 e. The van der Waals surface area contributed by atoms with Crippen molar-refractivity contribution in [3.63, 3.8) is 0 Å². The summed E-state index contributed by atoms with van der Waals surface area (Å²) in [7, 11) is 3.04. The average molecular weight is 249 g/mol. The van der Waals surface area contributed by atoms with Gasteiger partial charge in [0, 0.05) is 0 Å². The zero-order valence-electron chi connectivity index (χ0n) is 9.84. The van der Waals surface area contributed by atoms with Crippen LogP contribution in [0.1, 0.15) is 10.5 Å². The lowest BCUT2D eigenvalue weighted by molar-refractivity contribution is 0.0690. The summed E-state index contributed by atoms with van der Waals surface area (Å²) >= 11 is 0. The summed E-state index contributed by atoms with van der Waals surface area (Å²) < 4.78 is 15.4. The molecule has 94 valence electrons. The molecule has 0 aliphatic heterocycles. The van der Waals surface area contributed by atoms with Gasteiger partial charge in [-0.3, -0.25) is 0 Å². The third-order valence-electron chi connectivity index (χ3n) is 2.36. The molecule has 1 N–H and O–H groups in total. The Bertz CT molecular complexity index is 576. The van der Waals surface area contributed by atoms with Gasteiger partial charge in [0.1, 0.15) is 17.8 Å². The standard InChI is InChI=1S/C12H11NO5/c1-16-7-3-4-10(17-2)8(5-7)11-13-9(6-18-11)12(14)15/h3-6H,1-2H3,(H,14,15). The molecule has 0 radical (unpaired) electrons. The van der Waals surface area contributed by atoms with E-state index in [2.05, 4.69) is 4.98 Å². The second-order valence-corrected chi connectivity index (χ2v) is 3.41. The molecule has 6 heteroatoms. The number of hydrogen-bond donors (Lipinski definition) is 1. The van der Waals surface area contributed by atoms with Gasteiger partial charge in [0.15, 0.2) is 5.69 Å². The van der Waals surface area contributed by atoms with E-state index >= 15 is 0 Å². The van der Waals surface area contributed by atoms with Crippen LogP contribution in [0.15, 0.2) is 28.9 Å². The predicted octanol–water partition coefficient (Wildman–Crippen LogP) is 2.06. The minimum absolute atomic E-state index is 0.158.